The number of amides is 2. The number of aromatic nitrogens is 1. The van der Waals surface area contributed by atoms with Crippen molar-refractivity contribution >= 4 is 41.5 Å². The molecule has 1 aromatic rings. The van der Waals surface area contributed by atoms with Gasteiger partial charge in [-0.3, -0.25) is 29.5 Å². The number of carboxylic acids is 2. The van der Waals surface area contributed by atoms with Crippen molar-refractivity contribution < 1.29 is 49.1 Å². The van der Waals surface area contributed by atoms with Crippen LogP contribution in [-0.4, -0.2) is 105 Å². The number of aliphatic hydroxyl groups excluding tert-OH is 2. The number of hydrogen-bond donors (Lipinski definition) is 8. The molecule has 16 heteroatoms. The van der Waals surface area contributed by atoms with Crippen LogP contribution in [0.25, 0.3) is 0 Å². The van der Waals surface area contributed by atoms with Crippen LogP contribution in [0, 0.1) is 22.7 Å². The Morgan fingerprint density at radius 1 is 0.917 bits per heavy atom. The molecule has 15 nitrogen and oxygen atoms in total. The normalized spacial score (nSPS) is 24.8. The number of aliphatic carboxylic acids is 2. The molecule has 0 saturated heterocycles. The Balaban J connectivity index is 1.40. The average molecular weight is 854 g/mol. The number of carboxylic acid groups (broad SMARTS) is 2. The van der Waals surface area contributed by atoms with Gasteiger partial charge in [-0.15, -0.1) is 11.8 Å². The summed E-state index contributed by atoms with van der Waals surface area (Å²) in [6.45, 7) is 0.191. The van der Waals surface area contributed by atoms with Crippen LogP contribution in [0.3, 0.4) is 0 Å². The molecule has 2 heterocycles. The highest BCUT2D eigenvalue weighted by atomic mass is 32.2. The van der Waals surface area contributed by atoms with Gasteiger partial charge in [0, 0.05) is 37.8 Å². The van der Waals surface area contributed by atoms with E-state index in [0.29, 0.717) is 25.0 Å². The molecule has 0 radical (unpaired) electrons. The summed E-state index contributed by atoms with van der Waals surface area (Å²) in [5, 5.41) is 49.4. The predicted octanol–water partition coefficient (Wildman–Crippen LogP) is 3.94. The Labute approximate surface area is 356 Å². The van der Waals surface area contributed by atoms with Gasteiger partial charge < -0.3 is 41.1 Å². The minimum absolute atomic E-state index is 0.00651. The Morgan fingerprint density at radius 2 is 1.55 bits per heavy atom. The third-order valence-electron chi connectivity index (χ3n) is 13.9. The third kappa shape index (κ3) is 10.4. The molecule has 1 unspecified atom stereocenters. The molecular weight excluding hydrogens is 791 g/mol. The lowest BCUT2D eigenvalue weighted by atomic mass is 9.58. The molecular formula is C44H63N5O10S. The van der Waals surface area contributed by atoms with Crippen molar-refractivity contribution in [3.05, 3.63) is 52.6 Å². The zero-order valence-electron chi connectivity index (χ0n) is 34.7. The topological polar surface area (TPSA) is 237 Å². The Hall–Kier alpha value is -3.83. The lowest BCUT2D eigenvalue weighted by Gasteiger charge is -2.46. The first-order valence-corrected chi connectivity index (χ1v) is 22.9. The number of carbonyl (C=O) groups is 5. The number of carbonyl (C=O) groups excluding carboxylic acids is 3. The fraction of sp³-hybridized carbons (Fsp3) is 0.682. The highest BCUT2D eigenvalue weighted by Crippen LogP contribution is 2.63. The highest BCUT2D eigenvalue weighted by Gasteiger charge is 2.57. The fourth-order valence-corrected chi connectivity index (χ4v) is 12.6. The van der Waals surface area contributed by atoms with Gasteiger partial charge in [-0.1, -0.05) is 49.7 Å². The van der Waals surface area contributed by atoms with Crippen molar-refractivity contribution in [3.8, 4) is 0 Å². The van der Waals surface area contributed by atoms with Crippen molar-refractivity contribution in [1.29, 1.82) is 0 Å². The molecule has 4 aliphatic carbocycles. The van der Waals surface area contributed by atoms with E-state index in [-0.39, 0.29) is 59.8 Å². The van der Waals surface area contributed by atoms with Gasteiger partial charge in [-0.25, -0.2) is 4.79 Å². The second kappa shape index (κ2) is 20.8. The molecule has 0 aromatic carbocycles. The molecule has 330 valence electrons. The first kappa shape index (κ1) is 45.7. The van der Waals surface area contributed by atoms with E-state index in [1.807, 2.05) is 12.1 Å². The Bertz CT molecular complexity index is 1780. The van der Waals surface area contributed by atoms with E-state index in [4.69, 9.17) is 4.74 Å². The second-order valence-electron chi connectivity index (χ2n) is 17.5. The molecule has 6 rings (SSSR count). The van der Waals surface area contributed by atoms with E-state index in [1.54, 1.807) is 19.4 Å². The second-order valence-corrected chi connectivity index (χ2v) is 18.6. The van der Waals surface area contributed by atoms with E-state index in [0.717, 1.165) is 100 Å². The number of fused-ring (bicyclic) bond motifs is 1. The van der Waals surface area contributed by atoms with Crippen LogP contribution in [0.15, 0.2) is 47.0 Å². The molecule has 1 aliphatic heterocycles. The molecule has 1 aromatic heterocycles. The Kier molecular flexibility index (Phi) is 15.9. The van der Waals surface area contributed by atoms with Crippen molar-refractivity contribution in [1.82, 2.24) is 26.3 Å². The molecule has 2 spiro atoms. The van der Waals surface area contributed by atoms with Gasteiger partial charge in [0.2, 0.25) is 18.0 Å². The van der Waals surface area contributed by atoms with Crippen LogP contribution in [0.5, 0.6) is 0 Å². The van der Waals surface area contributed by atoms with Crippen LogP contribution in [0.1, 0.15) is 115 Å². The minimum Gasteiger partial charge on any atom is -0.480 e. The van der Waals surface area contributed by atoms with E-state index < -0.39 is 48.0 Å². The van der Waals surface area contributed by atoms with E-state index >= 15 is 0 Å². The molecule has 0 bridgehead atoms. The number of nitrogens with one attached hydrogen (secondary N) is 4. The van der Waals surface area contributed by atoms with Crippen LogP contribution in [-0.2, 0) is 35.1 Å². The maximum atomic E-state index is 14.7. The van der Waals surface area contributed by atoms with E-state index in [9.17, 15) is 44.4 Å². The summed E-state index contributed by atoms with van der Waals surface area (Å²) in [6, 6.07) is 1.70. The SMILES string of the molecule is CNCN[C@@H](CCC(=O)N[C@@H](CSC1C2=C3[C@H](C(=O)O2)C(CCCO)=C(Cc2ccncc2)C[C@H]3C2(CCCCC13CCCC3)CCCC2)C(=O)N[C@@H](O)C(=O)O)C(=O)O. The minimum atomic E-state index is -2.21. The number of nitrogens with zero attached hydrogens (tertiary/aromatic N) is 1. The van der Waals surface area contributed by atoms with Gasteiger partial charge in [0.1, 0.15) is 23.8 Å². The summed E-state index contributed by atoms with van der Waals surface area (Å²) in [7, 11) is 1.65. The van der Waals surface area contributed by atoms with Crippen molar-refractivity contribution in [2.75, 3.05) is 26.1 Å². The Morgan fingerprint density at radius 3 is 2.13 bits per heavy atom. The standard InChI is InChI=1S/C44H63N5O10S/c1-45-26-47-31(40(54)55)10-11-33(51)48-32(38(52)49-39(53)41(56)57)25-60-37-36-35-30(43(14-2-3-15-43)16-4-5-17-44(37)18-6-7-19-44)24-28(23-27-12-20-46-21-13-27)29(9-8-22-50)34(35)42(58)59-36/h12-13,20-21,30-32,34,37,39,45,47,50,53H,2-11,14-19,22-26H2,1H3,(H,48,51)(H,49,52)(H,54,55)(H,56,57)/t30-,31+,32+,34-,37?,39+/m1/s1. The first-order valence-electron chi connectivity index (χ1n) is 21.8. The highest BCUT2D eigenvalue weighted by molar-refractivity contribution is 8.00. The molecule has 8 N–H and O–H groups in total. The zero-order chi connectivity index (χ0) is 42.9. The molecule has 2 saturated carbocycles. The van der Waals surface area contributed by atoms with Crippen LogP contribution >= 0.6 is 11.8 Å². The number of rotatable bonds is 19. The monoisotopic (exact) mass is 853 g/mol. The maximum Gasteiger partial charge on any atom is 0.353 e. The third-order valence-corrected chi connectivity index (χ3v) is 15.4. The van der Waals surface area contributed by atoms with Crippen molar-refractivity contribution in [2.45, 2.75) is 139 Å². The lowest BCUT2D eigenvalue weighted by Crippen LogP contribution is -2.53. The number of hydrogen-bond acceptors (Lipinski definition) is 12. The van der Waals surface area contributed by atoms with Gasteiger partial charge in [-0.2, -0.15) is 0 Å². The number of esters is 1. The lowest BCUT2D eigenvalue weighted by molar-refractivity contribution is -0.151. The van der Waals surface area contributed by atoms with Crippen molar-refractivity contribution in [2.24, 2.45) is 22.7 Å². The summed E-state index contributed by atoms with van der Waals surface area (Å²) in [4.78, 5) is 69.5. The maximum absolute atomic E-state index is 14.7. The molecule has 2 amide bonds. The zero-order valence-corrected chi connectivity index (χ0v) is 35.5. The first-order chi connectivity index (χ1) is 28.9. The van der Waals surface area contributed by atoms with Gasteiger partial charge in [0.05, 0.1) is 5.25 Å². The number of pyridine rings is 1. The van der Waals surface area contributed by atoms with Crippen LogP contribution < -0.4 is 21.3 Å². The number of aliphatic hydroxyl groups is 2. The molecule has 60 heavy (non-hydrogen) atoms. The van der Waals surface area contributed by atoms with Crippen LogP contribution in [0.4, 0.5) is 0 Å². The van der Waals surface area contributed by atoms with E-state index in [2.05, 4.69) is 26.3 Å². The number of thioether (sulfide) groups is 1. The molecule has 5 aliphatic rings. The van der Waals surface area contributed by atoms with Gasteiger partial charge in [0.15, 0.2) is 0 Å². The fourth-order valence-electron chi connectivity index (χ4n) is 11.0. The van der Waals surface area contributed by atoms with Crippen LogP contribution in [0.2, 0.25) is 0 Å². The number of ether oxygens (including phenoxy) is 1. The van der Waals surface area contributed by atoms with Crippen molar-refractivity contribution in [3.63, 3.8) is 0 Å². The van der Waals surface area contributed by atoms with Gasteiger partial charge in [0.25, 0.3) is 0 Å². The van der Waals surface area contributed by atoms with E-state index in [1.165, 1.54) is 17.3 Å². The molecule has 6 atom stereocenters. The summed E-state index contributed by atoms with van der Waals surface area (Å²) in [5.74, 6) is -4.47. The summed E-state index contributed by atoms with van der Waals surface area (Å²) >= 11 is 1.44. The summed E-state index contributed by atoms with van der Waals surface area (Å²) < 4.78 is 6.65. The number of allylic oxidation sites excluding steroid dienone is 1. The smallest absolute Gasteiger partial charge is 0.353 e. The molecule has 2 fully saturated rings. The predicted molar refractivity (Wildman–Crippen MR) is 224 cm³/mol. The quantitative estimate of drug-likeness (QED) is 0.0560. The average Bonchev–Trinajstić information content (AvgIpc) is 3.99. The summed E-state index contributed by atoms with van der Waals surface area (Å²) in [5.41, 5.74) is 4.16. The van der Waals surface area contributed by atoms with Gasteiger partial charge >= 0.3 is 17.9 Å². The van der Waals surface area contributed by atoms with Gasteiger partial charge in [-0.05, 0) is 118 Å². The summed E-state index contributed by atoms with van der Waals surface area (Å²) in [6.07, 6.45) is 15.8. The largest absolute Gasteiger partial charge is 0.480 e.